The van der Waals surface area contributed by atoms with Crippen molar-refractivity contribution in [3.05, 3.63) is 69.3 Å². The topological polar surface area (TPSA) is 54.7 Å². The summed E-state index contributed by atoms with van der Waals surface area (Å²) < 4.78 is 14.2. The number of fused-ring (bicyclic) bond motifs is 1. The molecule has 0 aliphatic carbocycles. The molecule has 0 unspecified atom stereocenters. The molecule has 7 heteroatoms. The fourth-order valence-electron chi connectivity index (χ4n) is 2.11. The second kappa shape index (κ2) is 5.69. The molecule has 0 N–H and O–H groups in total. The molecule has 0 radical (unpaired) electrons. The number of carbonyl (C=O) groups excluding carboxylic acids is 1. The van der Waals surface area contributed by atoms with Gasteiger partial charge in [0.1, 0.15) is 11.4 Å². The Morgan fingerprint density at radius 1 is 1.36 bits per heavy atom. The van der Waals surface area contributed by atoms with Crippen molar-refractivity contribution < 1.29 is 9.18 Å². The Bertz CT molecular complexity index is 886. The van der Waals surface area contributed by atoms with E-state index in [0.29, 0.717) is 4.96 Å². The summed E-state index contributed by atoms with van der Waals surface area (Å²) in [6, 6.07) is 5.88. The van der Waals surface area contributed by atoms with E-state index in [4.69, 9.17) is 0 Å². The molecule has 0 saturated heterocycles. The molecule has 5 nitrogen and oxygen atoms in total. The summed E-state index contributed by atoms with van der Waals surface area (Å²) in [6.45, 7) is 0.283. The summed E-state index contributed by atoms with van der Waals surface area (Å²) in [4.78, 5) is 30.7. The van der Waals surface area contributed by atoms with E-state index < -0.39 is 5.91 Å². The highest BCUT2D eigenvalue weighted by Crippen LogP contribution is 2.09. The van der Waals surface area contributed by atoms with Gasteiger partial charge in [0.2, 0.25) is 0 Å². The van der Waals surface area contributed by atoms with Crippen LogP contribution in [0, 0.1) is 5.82 Å². The summed E-state index contributed by atoms with van der Waals surface area (Å²) in [6.07, 6.45) is 2.89. The maximum absolute atomic E-state index is 12.9. The minimum absolute atomic E-state index is 0.0144. The van der Waals surface area contributed by atoms with Gasteiger partial charge in [0.25, 0.3) is 11.5 Å². The first kappa shape index (κ1) is 14.4. The maximum Gasteiger partial charge on any atom is 0.271 e. The van der Waals surface area contributed by atoms with E-state index in [1.54, 1.807) is 30.8 Å². The number of aromatic nitrogens is 2. The lowest BCUT2D eigenvalue weighted by atomic mass is 10.2. The predicted octanol–water partition coefficient (Wildman–Crippen LogP) is 2.17. The van der Waals surface area contributed by atoms with Crippen LogP contribution in [0.15, 0.2) is 46.8 Å². The van der Waals surface area contributed by atoms with Gasteiger partial charge < -0.3 is 4.90 Å². The molecule has 2 heterocycles. The number of nitrogens with zero attached hydrogens (tertiary/aromatic N) is 3. The van der Waals surface area contributed by atoms with E-state index >= 15 is 0 Å². The maximum atomic E-state index is 12.9. The molecular weight excluding hydrogens is 305 g/mol. The first-order chi connectivity index (χ1) is 10.6. The van der Waals surface area contributed by atoms with E-state index in [2.05, 4.69) is 4.98 Å². The van der Waals surface area contributed by atoms with Crippen LogP contribution in [0.2, 0.25) is 0 Å². The zero-order valence-corrected chi connectivity index (χ0v) is 12.5. The molecule has 0 saturated carbocycles. The summed E-state index contributed by atoms with van der Waals surface area (Å²) in [7, 11) is 1.59. The molecule has 0 bridgehead atoms. The van der Waals surface area contributed by atoms with E-state index in [-0.39, 0.29) is 23.5 Å². The molecular formula is C15H12FN3O2S. The van der Waals surface area contributed by atoms with Gasteiger partial charge in [-0.05, 0) is 17.7 Å². The van der Waals surface area contributed by atoms with E-state index in [1.807, 2.05) is 0 Å². The van der Waals surface area contributed by atoms with Gasteiger partial charge in [-0.3, -0.25) is 14.0 Å². The van der Waals surface area contributed by atoms with Crippen molar-refractivity contribution in [2.75, 3.05) is 7.05 Å². The van der Waals surface area contributed by atoms with Crippen LogP contribution in [0.1, 0.15) is 15.9 Å². The minimum Gasteiger partial charge on any atom is -0.337 e. The zero-order valence-electron chi connectivity index (χ0n) is 11.7. The lowest BCUT2D eigenvalue weighted by molar-refractivity contribution is 0.0782. The standard InChI is InChI=1S/C15H12FN3O2S/c1-18(9-10-2-4-11(16)5-3-10)13(20)12-8-17-15-19(14(12)21)6-7-22-15/h2-8H,9H2,1H3. The number of hydrogen-bond acceptors (Lipinski definition) is 4. The fraction of sp³-hybridized carbons (Fsp3) is 0.133. The number of benzene rings is 1. The normalized spacial score (nSPS) is 10.8. The molecule has 0 aliphatic rings. The average molecular weight is 317 g/mol. The van der Waals surface area contributed by atoms with E-state index in [9.17, 15) is 14.0 Å². The van der Waals surface area contributed by atoms with Crippen LogP contribution >= 0.6 is 11.3 Å². The van der Waals surface area contributed by atoms with Gasteiger partial charge in [-0.2, -0.15) is 0 Å². The second-order valence-corrected chi connectivity index (χ2v) is 5.69. The lowest BCUT2D eigenvalue weighted by Gasteiger charge is -2.16. The molecule has 0 spiro atoms. The molecule has 1 aromatic carbocycles. The Kier molecular flexibility index (Phi) is 3.72. The van der Waals surface area contributed by atoms with Crippen molar-refractivity contribution in [3.63, 3.8) is 0 Å². The minimum atomic E-state index is -0.414. The van der Waals surface area contributed by atoms with Crippen molar-refractivity contribution >= 4 is 22.2 Å². The summed E-state index contributed by atoms with van der Waals surface area (Å²) >= 11 is 1.33. The van der Waals surface area contributed by atoms with Gasteiger partial charge in [0.05, 0.1) is 0 Å². The van der Waals surface area contributed by atoms with E-state index in [0.717, 1.165) is 5.56 Å². The summed E-state index contributed by atoms with van der Waals surface area (Å²) in [5.41, 5.74) is 0.407. The molecule has 1 amide bonds. The van der Waals surface area contributed by atoms with E-state index in [1.165, 1.54) is 39.0 Å². The predicted molar refractivity (Wildman–Crippen MR) is 81.5 cm³/mol. The van der Waals surface area contributed by atoms with Crippen LogP contribution in [-0.4, -0.2) is 27.2 Å². The molecule has 3 aromatic rings. The summed E-state index contributed by atoms with van der Waals surface area (Å²) in [5.74, 6) is -0.745. The van der Waals surface area contributed by atoms with Crippen molar-refractivity contribution in [2.45, 2.75) is 6.54 Å². The number of rotatable bonds is 3. The molecule has 0 aliphatic heterocycles. The van der Waals surface area contributed by atoms with Gasteiger partial charge in [-0.1, -0.05) is 12.1 Å². The Labute approximate surface area is 129 Å². The third kappa shape index (κ3) is 2.62. The largest absolute Gasteiger partial charge is 0.337 e. The Hall–Kier alpha value is -2.54. The van der Waals surface area contributed by atoms with Crippen LogP contribution in [-0.2, 0) is 6.54 Å². The van der Waals surface area contributed by atoms with Crippen molar-refractivity contribution in [3.8, 4) is 0 Å². The number of hydrogen-bond donors (Lipinski definition) is 0. The first-order valence-corrected chi connectivity index (χ1v) is 7.39. The first-order valence-electron chi connectivity index (χ1n) is 6.51. The van der Waals surface area contributed by atoms with Crippen molar-refractivity contribution in [1.82, 2.24) is 14.3 Å². The third-order valence-electron chi connectivity index (χ3n) is 3.25. The molecule has 22 heavy (non-hydrogen) atoms. The number of thiazole rings is 1. The van der Waals surface area contributed by atoms with Gasteiger partial charge in [-0.15, -0.1) is 11.3 Å². The monoisotopic (exact) mass is 317 g/mol. The molecule has 2 aromatic heterocycles. The Morgan fingerprint density at radius 3 is 2.82 bits per heavy atom. The molecule has 0 atom stereocenters. The highest BCUT2D eigenvalue weighted by atomic mass is 32.1. The molecule has 3 rings (SSSR count). The van der Waals surface area contributed by atoms with Gasteiger partial charge >= 0.3 is 0 Å². The Balaban J connectivity index is 1.86. The lowest BCUT2D eigenvalue weighted by Crippen LogP contribution is -2.32. The van der Waals surface area contributed by atoms with Crippen molar-refractivity contribution in [1.29, 1.82) is 0 Å². The summed E-state index contributed by atoms with van der Waals surface area (Å²) in [5, 5.41) is 1.74. The number of amides is 1. The highest BCUT2D eigenvalue weighted by Gasteiger charge is 2.18. The highest BCUT2D eigenvalue weighted by molar-refractivity contribution is 7.15. The molecule has 0 fully saturated rings. The van der Waals surface area contributed by atoms with Gasteiger partial charge in [0.15, 0.2) is 4.96 Å². The Morgan fingerprint density at radius 2 is 2.09 bits per heavy atom. The third-order valence-corrected chi connectivity index (χ3v) is 4.02. The van der Waals surface area contributed by atoms with Crippen LogP contribution in [0.25, 0.3) is 4.96 Å². The van der Waals surface area contributed by atoms with Crippen LogP contribution < -0.4 is 5.56 Å². The average Bonchev–Trinajstić information content (AvgIpc) is 2.99. The van der Waals surface area contributed by atoms with Gasteiger partial charge in [-0.25, -0.2) is 9.37 Å². The van der Waals surface area contributed by atoms with Crippen molar-refractivity contribution in [2.24, 2.45) is 0 Å². The van der Waals surface area contributed by atoms with Crippen LogP contribution in [0.4, 0.5) is 4.39 Å². The SMILES string of the molecule is CN(Cc1ccc(F)cc1)C(=O)c1cnc2sccn2c1=O. The zero-order chi connectivity index (χ0) is 15.7. The van der Waals surface area contributed by atoms with Gasteiger partial charge in [0, 0.05) is 31.4 Å². The number of halogens is 1. The second-order valence-electron chi connectivity index (χ2n) is 4.82. The fourth-order valence-corrected chi connectivity index (χ4v) is 2.79. The number of carbonyl (C=O) groups is 1. The molecule has 112 valence electrons. The van der Waals surface area contributed by atoms with Crippen LogP contribution in [0.3, 0.4) is 0 Å². The quantitative estimate of drug-likeness (QED) is 0.744. The van der Waals surface area contributed by atoms with Crippen LogP contribution in [0.5, 0.6) is 0 Å². The smallest absolute Gasteiger partial charge is 0.271 e.